The smallest absolute Gasteiger partial charge is 0.410 e. The molecule has 0 aliphatic carbocycles. The fraction of sp³-hybridized carbons (Fsp3) is 0.857. The first-order valence-electron chi connectivity index (χ1n) is 28.5. The third kappa shape index (κ3) is 18.3. The Balaban J connectivity index is 2.10. The summed E-state index contributed by atoms with van der Waals surface area (Å²) in [6.07, 6.45) is 10.9. The van der Waals surface area contributed by atoms with Crippen LogP contribution in [0.15, 0.2) is 36.0 Å². The van der Waals surface area contributed by atoms with Crippen molar-refractivity contribution in [2.24, 2.45) is 11.8 Å². The summed E-state index contributed by atoms with van der Waals surface area (Å²) in [5, 5.41) is 0. The van der Waals surface area contributed by atoms with Gasteiger partial charge in [-0.15, -0.1) is 0 Å². The lowest BCUT2D eigenvalue weighted by Gasteiger charge is -2.41. The van der Waals surface area contributed by atoms with E-state index in [1.54, 1.807) is 4.90 Å². The fourth-order valence-corrected chi connectivity index (χ4v) is 20.2. The Hall–Kier alpha value is -1.67. The highest BCUT2D eigenvalue weighted by molar-refractivity contribution is 6.74. The third-order valence-electron chi connectivity index (χ3n) is 17.2. The number of esters is 1. The van der Waals surface area contributed by atoms with E-state index in [9.17, 15) is 9.59 Å². The van der Waals surface area contributed by atoms with Crippen LogP contribution in [0.4, 0.5) is 4.79 Å². The molecule has 3 rings (SSSR count). The van der Waals surface area contributed by atoms with Crippen LogP contribution in [0.25, 0.3) is 0 Å². The van der Waals surface area contributed by atoms with Crippen molar-refractivity contribution in [3.8, 4) is 0 Å². The first-order chi connectivity index (χ1) is 33.6. The van der Waals surface area contributed by atoms with Crippen molar-refractivity contribution < 1.29 is 46.6 Å². The molecule has 0 aromatic heterocycles. The molecule has 11 unspecified atom stereocenters. The van der Waals surface area contributed by atoms with Gasteiger partial charge in [-0.3, -0.25) is 4.79 Å². The van der Waals surface area contributed by atoms with Crippen molar-refractivity contribution in [1.29, 1.82) is 0 Å². The Morgan fingerprint density at radius 2 is 1.45 bits per heavy atom. The zero-order chi connectivity index (χ0) is 53.2. The minimum Gasteiger partial charge on any atom is -0.457 e. The van der Waals surface area contributed by atoms with Crippen LogP contribution in [0, 0.1) is 11.8 Å². The predicted octanol–water partition coefficient (Wildman–Crippen LogP) is 13.5. The molecule has 0 aromatic rings. The maximum absolute atomic E-state index is 14.3. The fourth-order valence-electron chi connectivity index (χ4n) is 11.2. The van der Waals surface area contributed by atoms with Crippen LogP contribution in [0.1, 0.15) is 150 Å². The molecule has 71 heavy (non-hydrogen) atoms. The summed E-state index contributed by atoms with van der Waals surface area (Å²) in [7, 11) is -3.95. The molecule has 11 atom stereocenters. The van der Waals surface area contributed by atoms with Crippen molar-refractivity contribution in [1.82, 2.24) is 9.80 Å². The molecule has 0 aromatic carbocycles. The van der Waals surface area contributed by atoms with Gasteiger partial charge >= 0.3 is 12.1 Å². The van der Waals surface area contributed by atoms with E-state index in [1.165, 1.54) is 0 Å². The molecule has 0 saturated carbocycles. The van der Waals surface area contributed by atoms with Gasteiger partial charge in [0.1, 0.15) is 11.7 Å². The Labute approximate surface area is 437 Å². The average Bonchev–Trinajstić information content (AvgIpc) is 4.13. The molecule has 12 nitrogen and oxygen atoms in total. The average molecular weight is 1050 g/mol. The van der Waals surface area contributed by atoms with Crippen LogP contribution in [0.3, 0.4) is 0 Å². The van der Waals surface area contributed by atoms with E-state index in [1.807, 2.05) is 39.8 Å². The standard InChI is InChI=1S/C56H106N2O10Si3/c1-19-48(67-70(24-6,25-7)26-8)45(14)53-49(62-53)42-55(16,68-71(27-9,28-10)29-11)35-30-31-43(12)52-44(13)32-33-50(63-54(60)58-39-37-57(18)38-40-58)56(17,65-46(15)61-20-2)36-34-47(41-51(59)64-52)66-69(21-3,22-4)23-5/h30-33,35,44-50,52-53H,19-29,34,36-42H2,1-18H3. The summed E-state index contributed by atoms with van der Waals surface area (Å²) < 4.78 is 54.0. The molecular formula is C56H106N2O10Si3. The number of nitrogens with zero attached hydrogens (tertiary/aromatic N) is 2. The summed E-state index contributed by atoms with van der Waals surface area (Å²) >= 11 is 0. The quantitative estimate of drug-likeness (QED) is 0.0186. The molecule has 0 spiro atoms. The molecule has 3 aliphatic rings. The highest BCUT2D eigenvalue weighted by Gasteiger charge is 2.51. The normalized spacial score (nSPS) is 27.9. The number of hydrogen-bond acceptors (Lipinski definition) is 11. The van der Waals surface area contributed by atoms with E-state index in [0.29, 0.717) is 32.5 Å². The van der Waals surface area contributed by atoms with E-state index in [4.69, 9.17) is 37.0 Å². The second-order valence-electron chi connectivity index (χ2n) is 21.9. The third-order valence-corrected chi connectivity index (χ3v) is 31.3. The number of likely N-dealkylation sites (N-methyl/N-ethyl adjacent to an activating group) is 1. The Morgan fingerprint density at radius 3 is 1.99 bits per heavy atom. The maximum Gasteiger partial charge on any atom is 0.410 e. The molecule has 15 heteroatoms. The lowest BCUT2D eigenvalue weighted by atomic mass is 9.88. The molecular weight excluding hydrogens is 945 g/mol. The van der Waals surface area contributed by atoms with Gasteiger partial charge in [0.05, 0.1) is 30.3 Å². The van der Waals surface area contributed by atoms with Crippen LogP contribution >= 0.6 is 0 Å². The molecule has 0 N–H and O–H groups in total. The van der Waals surface area contributed by atoms with Gasteiger partial charge in [-0.25, -0.2) is 4.79 Å². The molecule has 0 bridgehead atoms. The maximum atomic E-state index is 14.3. The summed E-state index contributed by atoms with van der Waals surface area (Å²) in [4.78, 5) is 32.4. The van der Waals surface area contributed by atoms with E-state index < -0.39 is 60.8 Å². The highest BCUT2D eigenvalue weighted by atomic mass is 28.4. The molecule has 412 valence electrons. The van der Waals surface area contributed by atoms with Crippen molar-refractivity contribution in [3.63, 3.8) is 0 Å². The SMILES string of the molecule is CCOC(C)OC1(C)CCC(O[Si](CC)(CC)CC)CC(=O)OC(C(C)=CC=CC(C)(CC2OC2C(C)C(CC)O[Si](CC)(CC)CC)O[Si](CC)(CC)CC)C(C)C=CC1OC(=O)N1CCN(C)CC1. The van der Waals surface area contributed by atoms with Crippen LogP contribution in [0.5, 0.6) is 0 Å². The number of cyclic esters (lactones) is 1. The van der Waals surface area contributed by atoms with Gasteiger partial charge in [0, 0.05) is 57.1 Å². The zero-order valence-electron chi connectivity index (χ0n) is 48.5. The van der Waals surface area contributed by atoms with Gasteiger partial charge in [0.25, 0.3) is 0 Å². The Kier molecular flexibility index (Phi) is 26.5. The van der Waals surface area contributed by atoms with Gasteiger partial charge < -0.3 is 46.8 Å². The van der Waals surface area contributed by atoms with Gasteiger partial charge in [-0.05, 0) is 127 Å². The molecule has 2 saturated heterocycles. The van der Waals surface area contributed by atoms with Crippen molar-refractivity contribution in [3.05, 3.63) is 36.0 Å². The number of carbonyl (C=O) groups is 2. The Morgan fingerprint density at radius 1 is 0.873 bits per heavy atom. The van der Waals surface area contributed by atoms with Gasteiger partial charge in [0.15, 0.2) is 37.3 Å². The first-order valence-corrected chi connectivity index (χ1v) is 36.1. The number of amides is 1. The van der Waals surface area contributed by atoms with Gasteiger partial charge in [-0.1, -0.05) is 107 Å². The largest absolute Gasteiger partial charge is 0.457 e. The zero-order valence-corrected chi connectivity index (χ0v) is 51.5. The van der Waals surface area contributed by atoms with E-state index in [0.717, 1.165) is 85.9 Å². The van der Waals surface area contributed by atoms with E-state index in [-0.39, 0.29) is 48.6 Å². The molecule has 3 heterocycles. The van der Waals surface area contributed by atoms with Crippen LogP contribution < -0.4 is 0 Å². The number of rotatable bonds is 28. The molecule has 0 radical (unpaired) electrons. The lowest BCUT2D eigenvalue weighted by molar-refractivity contribution is -0.222. The van der Waals surface area contributed by atoms with Crippen LogP contribution in [-0.2, 0) is 41.8 Å². The summed E-state index contributed by atoms with van der Waals surface area (Å²) in [6.45, 7) is 40.3. The topological polar surface area (TPSA) is 118 Å². The second kappa shape index (κ2) is 29.6. The van der Waals surface area contributed by atoms with Gasteiger partial charge in [0.2, 0.25) is 0 Å². The van der Waals surface area contributed by atoms with Gasteiger partial charge in [-0.2, -0.15) is 0 Å². The van der Waals surface area contributed by atoms with E-state index >= 15 is 0 Å². The summed E-state index contributed by atoms with van der Waals surface area (Å²) in [6, 6.07) is 9.37. The second-order valence-corrected chi connectivity index (χ2v) is 36.0. The number of piperazine rings is 1. The summed E-state index contributed by atoms with van der Waals surface area (Å²) in [5.41, 5.74) is -0.678. The molecule has 3 aliphatic heterocycles. The van der Waals surface area contributed by atoms with Crippen molar-refractivity contribution in [2.45, 2.75) is 258 Å². The number of epoxide rings is 1. The number of allylic oxidation sites excluding steroid dienone is 2. The molecule has 1 amide bonds. The predicted molar refractivity (Wildman–Crippen MR) is 298 cm³/mol. The summed E-state index contributed by atoms with van der Waals surface area (Å²) in [5.74, 6) is -0.290. The van der Waals surface area contributed by atoms with E-state index in [2.05, 4.69) is 120 Å². The lowest BCUT2D eigenvalue weighted by Crippen LogP contribution is -2.52. The first kappa shape index (κ1) is 63.6. The van der Waals surface area contributed by atoms with Crippen molar-refractivity contribution >= 4 is 37.0 Å². The number of ether oxygens (including phenoxy) is 5. The van der Waals surface area contributed by atoms with Crippen LogP contribution in [-0.4, -0.2) is 141 Å². The Bertz CT molecular complexity index is 1660. The monoisotopic (exact) mass is 1050 g/mol. The number of carbonyl (C=O) groups excluding carboxylic acids is 2. The van der Waals surface area contributed by atoms with Crippen LogP contribution in [0.2, 0.25) is 54.4 Å². The number of hydrogen-bond donors (Lipinski definition) is 0. The minimum atomic E-state index is -2.17. The minimum absolute atomic E-state index is 0.0765. The highest BCUT2D eigenvalue weighted by Crippen LogP contribution is 2.43. The van der Waals surface area contributed by atoms with Crippen molar-refractivity contribution in [2.75, 3.05) is 39.8 Å². The molecule has 2 fully saturated rings.